The number of hydrogen-bond donors (Lipinski definition) is 1. The number of carboxylic acid groups (broad SMARTS) is 1. The van der Waals surface area contributed by atoms with Gasteiger partial charge in [0, 0.05) is 36.2 Å². The molecule has 1 aliphatic rings. The molecule has 0 aromatic carbocycles. The van der Waals surface area contributed by atoms with Gasteiger partial charge in [0.1, 0.15) is 5.25 Å². The van der Waals surface area contributed by atoms with Gasteiger partial charge in [0.05, 0.1) is 13.2 Å². The minimum atomic E-state index is -1.30. The molecule has 1 fully saturated rings. The molecule has 1 heterocycles. The van der Waals surface area contributed by atoms with Crippen LogP contribution in [-0.2, 0) is 20.3 Å². The van der Waals surface area contributed by atoms with Crippen LogP contribution in [0.5, 0.6) is 0 Å². The van der Waals surface area contributed by atoms with Gasteiger partial charge < -0.3 is 9.84 Å². The van der Waals surface area contributed by atoms with Gasteiger partial charge in [-0.3, -0.25) is 13.9 Å². The number of carbonyl (C=O) groups is 1. The van der Waals surface area contributed by atoms with E-state index in [1.165, 1.54) is 0 Å². The van der Waals surface area contributed by atoms with E-state index in [1.807, 2.05) is 0 Å². The van der Waals surface area contributed by atoms with E-state index < -0.39 is 22.0 Å². The Labute approximate surface area is 105 Å². The van der Waals surface area contributed by atoms with Crippen molar-refractivity contribution in [3.8, 4) is 0 Å². The first-order chi connectivity index (χ1) is 8.02. The Morgan fingerprint density at radius 1 is 1.41 bits per heavy atom. The van der Waals surface area contributed by atoms with E-state index in [0.29, 0.717) is 25.5 Å². The highest BCUT2D eigenvalue weighted by molar-refractivity contribution is 7.86. The molecule has 0 spiro atoms. The van der Waals surface area contributed by atoms with Crippen LogP contribution in [0.3, 0.4) is 0 Å². The fourth-order valence-corrected chi connectivity index (χ4v) is 3.40. The molecule has 0 aromatic heterocycles. The van der Waals surface area contributed by atoms with Gasteiger partial charge in [-0.25, -0.2) is 0 Å². The molecular weight excluding hydrogens is 242 g/mol. The highest BCUT2D eigenvalue weighted by Gasteiger charge is 2.28. The van der Waals surface area contributed by atoms with Crippen molar-refractivity contribution in [1.82, 2.24) is 4.90 Å². The van der Waals surface area contributed by atoms with Gasteiger partial charge in [-0.2, -0.15) is 0 Å². The molecule has 17 heavy (non-hydrogen) atoms. The number of aliphatic carboxylic acids is 1. The molecule has 1 aliphatic heterocycles. The van der Waals surface area contributed by atoms with Crippen molar-refractivity contribution in [2.75, 3.05) is 38.6 Å². The van der Waals surface area contributed by atoms with Gasteiger partial charge in [0.2, 0.25) is 0 Å². The first kappa shape index (κ1) is 14.6. The van der Waals surface area contributed by atoms with E-state index in [4.69, 9.17) is 9.84 Å². The maximum Gasteiger partial charge on any atom is 0.319 e. The van der Waals surface area contributed by atoms with Crippen LogP contribution in [0.15, 0.2) is 0 Å². The lowest BCUT2D eigenvalue weighted by Gasteiger charge is -2.27. The molecule has 1 rings (SSSR count). The summed E-state index contributed by atoms with van der Waals surface area (Å²) >= 11 is 0. The molecule has 6 heteroatoms. The highest BCUT2D eigenvalue weighted by Crippen LogP contribution is 2.10. The molecule has 0 amide bonds. The zero-order valence-corrected chi connectivity index (χ0v) is 11.2. The van der Waals surface area contributed by atoms with E-state index in [-0.39, 0.29) is 5.92 Å². The smallest absolute Gasteiger partial charge is 0.319 e. The Morgan fingerprint density at radius 3 is 2.47 bits per heavy atom. The van der Waals surface area contributed by atoms with E-state index in [1.54, 1.807) is 13.8 Å². The summed E-state index contributed by atoms with van der Waals surface area (Å²) in [6, 6.07) is 0. The predicted octanol–water partition coefficient (Wildman–Crippen LogP) is 0.177. The molecule has 0 bridgehead atoms. The number of ether oxygens (including phenoxy) is 1. The third-order valence-electron chi connectivity index (χ3n) is 2.84. The number of nitrogens with zero attached hydrogens (tertiary/aromatic N) is 1. The first-order valence-corrected chi connectivity index (χ1v) is 7.30. The minimum Gasteiger partial charge on any atom is -0.480 e. The average Bonchev–Trinajstić information content (AvgIpc) is 2.27. The second-order valence-corrected chi connectivity index (χ2v) is 6.22. The maximum absolute atomic E-state index is 11.9. The van der Waals surface area contributed by atoms with Crippen molar-refractivity contribution in [1.29, 1.82) is 0 Å². The summed E-state index contributed by atoms with van der Waals surface area (Å²) in [5, 5.41) is 8.27. The van der Waals surface area contributed by atoms with Crippen LogP contribution < -0.4 is 0 Å². The van der Waals surface area contributed by atoms with Crippen LogP contribution in [0.25, 0.3) is 0 Å². The summed E-state index contributed by atoms with van der Waals surface area (Å²) in [6.45, 7) is 7.38. The van der Waals surface area contributed by atoms with Gasteiger partial charge in [-0.05, 0) is 5.92 Å². The summed E-state index contributed by atoms with van der Waals surface area (Å²) in [5.74, 6) is -0.631. The monoisotopic (exact) mass is 263 g/mol. The van der Waals surface area contributed by atoms with Crippen LogP contribution in [0.2, 0.25) is 0 Å². The molecule has 0 saturated carbocycles. The normalized spacial score (nSPS) is 21.4. The van der Waals surface area contributed by atoms with E-state index in [2.05, 4.69) is 4.90 Å². The van der Waals surface area contributed by atoms with Gasteiger partial charge in [-0.1, -0.05) is 13.8 Å². The molecule has 1 N–H and O–H groups in total. The SMILES string of the molecule is CC(C)C(C(=O)O)S(=O)CCN1CCOCC1. The van der Waals surface area contributed by atoms with Crippen LogP contribution in [0.4, 0.5) is 0 Å². The first-order valence-electron chi connectivity index (χ1n) is 5.92. The summed E-state index contributed by atoms with van der Waals surface area (Å²) in [7, 11) is -1.30. The molecular formula is C11H21NO4S. The fourth-order valence-electron chi connectivity index (χ4n) is 1.87. The Kier molecular flexibility index (Phi) is 6.08. The Balaban J connectivity index is 2.38. The van der Waals surface area contributed by atoms with E-state index >= 15 is 0 Å². The predicted molar refractivity (Wildman–Crippen MR) is 66.5 cm³/mol. The third kappa shape index (κ3) is 4.73. The third-order valence-corrected chi connectivity index (χ3v) is 4.74. The molecule has 0 aromatic rings. The summed E-state index contributed by atoms with van der Waals surface area (Å²) in [5.41, 5.74) is 0. The Bertz CT molecular complexity index is 277. The van der Waals surface area contributed by atoms with Crippen LogP contribution >= 0.6 is 0 Å². The molecule has 100 valence electrons. The van der Waals surface area contributed by atoms with Crippen LogP contribution in [0.1, 0.15) is 13.8 Å². The standard InChI is InChI=1S/C11H21NO4S/c1-9(2)10(11(13)14)17(15)8-5-12-3-6-16-7-4-12/h9-10H,3-8H2,1-2H3,(H,13,14). The van der Waals surface area contributed by atoms with Gasteiger partial charge >= 0.3 is 5.97 Å². The quantitative estimate of drug-likeness (QED) is 0.740. The van der Waals surface area contributed by atoms with Crippen molar-refractivity contribution in [2.45, 2.75) is 19.1 Å². The van der Waals surface area contributed by atoms with Gasteiger partial charge in [-0.15, -0.1) is 0 Å². The van der Waals surface area contributed by atoms with E-state index in [0.717, 1.165) is 13.1 Å². The second kappa shape index (κ2) is 7.08. The molecule has 2 unspecified atom stereocenters. The van der Waals surface area contributed by atoms with Crippen molar-refractivity contribution in [3.05, 3.63) is 0 Å². The van der Waals surface area contributed by atoms with Crippen molar-refractivity contribution >= 4 is 16.8 Å². The number of rotatable bonds is 6. The number of hydrogen-bond acceptors (Lipinski definition) is 4. The lowest BCUT2D eigenvalue weighted by Crippen LogP contribution is -2.40. The Morgan fingerprint density at radius 2 is 2.00 bits per heavy atom. The molecule has 5 nitrogen and oxygen atoms in total. The van der Waals surface area contributed by atoms with E-state index in [9.17, 15) is 9.00 Å². The van der Waals surface area contributed by atoms with Gasteiger partial charge in [0.15, 0.2) is 0 Å². The summed E-state index contributed by atoms with van der Waals surface area (Å²) in [6.07, 6.45) is 0. The second-order valence-electron chi connectivity index (χ2n) is 4.54. The van der Waals surface area contributed by atoms with Crippen LogP contribution in [-0.4, -0.2) is 64.0 Å². The van der Waals surface area contributed by atoms with Crippen LogP contribution in [0, 0.1) is 5.92 Å². The maximum atomic E-state index is 11.9. The molecule has 2 atom stereocenters. The zero-order valence-electron chi connectivity index (χ0n) is 10.4. The molecule has 0 aliphatic carbocycles. The topological polar surface area (TPSA) is 66.8 Å². The number of carboxylic acids is 1. The molecule has 0 radical (unpaired) electrons. The van der Waals surface area contributed by atoms with Crippen molar-refractivity contribution in [3.63, 3.8) is 0 Å². The summed E-state index contributed by atoms with van der Waals surface area (Å²) < 4.78 is 17.2. The van der Waals surface area contributed by atoms with Gasteiger partial charge in [0.25, 0.3) is 0 Å². The average molecular weight is 263 g/mol. The summed E-state index contributed by atoms with van der Waals surface area (Å²) in [4.78, 5) is 13.2. The largest absolute Gasteiger partial charge is 0.480 e. The fraction of sp³-hybridized carbons (Fsp3) is 0.909. The van der Waals surface area contributed by atoms with Crippen molar-refractivity contribution < 1.29 is 18.8 Å². The highest BCUT2D eigenvalue weighted by atomic mass is 32.2. The van der Waals surface area contributed by atoms with Crippen molar-refractivity contribution in [2.24, 2.45) is 5.92 Å². The Hall–Kier alpha value is -0.460. The number of morpholine rings is 1. The minimum absolute atomic E-state index is 0.0991. The molecule has 1 saturated heterocycles. The zero-order chi connectivity index (χ0) is 12.8. The lowest BCUT2D eigenvalue weighted by atomic mass is 10.1. The lowest BCUT2D eigenvalue weighted by molar-refractivity contribution is -0.137.